The summed E-state index contributed by atoms with van der Waals surface area (Å²) in [5.74, 6) is 2.81. The Morgan fingerprint density at radius 2 is 2.13 bits per heavy atom. The summed E-state index contributed by atoms with van der Waals surface area (Å²) in [5, 5.41) is 3.51. The van der Waals surface area contributed by atoms with Crippen molar-refractivity contribution in [2.75, 3.05) is 42.3 Å². The van der Waals surface area contributed by atoms with Gasteiger partial charge in [0.05, 0.1) is 5.69 Å². The second-order valence-corrected chi connectivity index (χ2v) is 6.82. The van der Waals surface area contributed by atoms with E-state index in [9.17, 15) is 0 Å². The highest BCUT2D eigenvalue weighted by atomic mass is 79.9. The Morgan fingerprint density at radius 1 is 1.30 bits per heavy atom. The maximum atomic E-state index is 4.65. The first-order valence-corrected chi connectivity index (χ1v) is 8.46. The maximum absolute atomic E-state index is 4.65. The van der Waals surface area contributed by atoms with Gasteiger partial charge in [-0.1, -0.05) is 0 Å². The van der Waals surface area contributed by atoms with Crippen molar-refractivity contribution >= 4 is 33.4 Å². The highest BCUT2D eigenvalue weighted by Crippen LogP contribution is 2.24. The third-order valence-electron chi connectivity index (χ3n) is 3.98. The minimum Gasteiger partial charge on any atom is -0.365 e. The number of aromatic nitrogens is 3. The quantitative estimate of drug-likeness (QED) is 0.884. The molecule has 1 fully saturated rings. The Bertz CT molecular complexity index is 690. The average molecular weight is 377 g/mol. The van der Waals surface area contributed by atoms with E-state index in [1.165, 1.54) is 0 Å². The molecule has 1 aliphatic rings. The summed E-state index contributed by atoms with van der Waals surface area (Å²) in [6, 6.07) is 6.47. The number of pyridine rings is 1. The van der Waals surface area contributed by atoms with E-state index in [0.717, 1.165) is 47.1 Å². The smallest absolute Gasteiger partial charge is 0.133 e. The van der Waals surface area contributed by atoms with Crippen LogP contribution in [-0.2, 0) is 0 Å². The molecule has 7 heteroatoms. The predicted molar refractivity (Wildman–Crippen MR) is 97.3 cm³/mol. The fourth-order valence-corrected chi connectivity index (χ4v) is 2.89. The summed E-state index contributed by atoms with van der Waals surface area (Å²) >= 11 is 3.50. The third-order valence-corrected chi connectivity index (χ3v) is 4.82. The monoisotopic (exact) mass is 376 g/mol. The topological polar surface area (TPSA) is 57.2 Å². The summed E-state index contributed by atoms with van der Waals surface area (Å²) in [4.78, 5) is 17.5. The van der Waals surface area contributed by atoms with E-state index in [-0.39, 0.29) is 0 Å². The van der Waals surface area contributed by atoms with E-state index >= 15 is 0 Å². The van der Waals surface area contributed by atoms with Crippen LogP contribution in [0.3, 0.4) is 0 Å². The van der Waals surface area contributed by atoms with Gasteiger partial charge in [-0.15, -0.1) is 0 Å². The van der Waals surface area contributed by atoms with Crippen molar-refractivity contribution in [3.63, 3.8) is 0 Å². The Kier molecular flexibility index (Phi) is 4.66. The molecule has 2 aromatic heterocycles. The second kappa shape index (κ2) is 6.70. The van der Waals surface area contributed by atoms with Gasteiger partial charge in [0, 0.05) is 43.8 Å². The molecule has 0 amide bonds. The van der Waals surface area contributed by atoms with Gasteiger partial charge in [-0.2, -0.15) is 0 Å². The van der Waals surface area contributed by atoms with Crippen molar-refractivity contribution in [1.29, 1.82) is 0 Å². The van der Waals surface area contributed by atoms with E-state index in [1.807, 2.05) is 32.0 Å². The summed E-state index contributed by atoms with van der Waals surface area (Å²) in [6.07, 6.45) is 2.67. The van der Waals surface area contributed by atoms with Gasteiger partial charge in [-0.25, -0.2) is 15.0 Å². The van der Waals surface area contributed by atoms with Crippen LogP contribution in [0.25, 0.3) is 0 Å². The molecule has 0 aliphatic carbocycles. The van der Waals surface area contributed by atoms with Crippen LogP contribution in [0, 0.1) is 6.92 Å². The van der Waals surface area contributed by atoms with Crippen LogP contribution in [0.5, 0.6) is 0 Å². The van der Waals surface area contributed by atoms with Crippen molar-refractivity contribution in [2.45, 2.75) is 19.4 Å². The van der Waals surface area contributed by atoms with E-state index < -0.39 is 0 Å². The summed E-state index contributed by atoms with van der Waals surface area (Å²) < 4.78 is 1.05. The third kappa shape index (κ3) is 3.72. The molecule has 1 unspecified atom stereocenters. The number of hydrogen-bond donors (Lipinski definition) is 1. The van der Waals surface area contributed by atoms with Gasteiger partial charge < -0.3 is 15.1 Å². The summed E-state index contributed by atoms with van der Waals surface area (Å²) in [7, 11) is 3.95. The van der Waals surface area contributed by atoms with Crippen LogP contribution in [0.15, 0.2) is 29.0 Å². The standard InChI is InChI=1S/C16H21BrN6/c1-11-13(17)4-5-15(20-11)23-7-6-12(9-23)21-14-8-16(22(2)3)19-10-18-14/h4-5,8,10,12H,6-7,9H2,1-3H3,(H,18,19,21). The fraction of sp³-hybridized carbons (Fsp3) is 0.438. The molecule has 6 nitrogen and oxygen atoms in total. The molecule has 23 heavy (non-hydrogen) atoms. The number of anilines is 3. The molecule has 1 N–H and O–H groups in total. The van der Waals surface area contributed by atoms with Crippen LogP contribution < -0.4 is 15.1 Å². The SMILES string of the molecule is Cc1nc(N2CCC(Nc3cc(N(C)C)ncn3)C2)ccc1Br. The van der Waals surface area contributed by atoms with Gasteiger partial charge in [0.25, 0.3) is 0 Å². The Morgan fingerprint density at radius 3 is 2.87 bits per heavy atom. The van der Waals surface area contributed by atoms with Gasteiger partial charge in [-0.05, 0) is 41.4 Å². The number of halogens is 1. The number of aryl methyl sites for hydroxylation is 1. The highest BCUT2D eigenvalue weighted by molar-refractivity contribution is 9.10. The lowest BCUT2D eigenvalue weighted by Gasteiger charge is -2.19. The lowest BCUT2D eigenvalue weighted by molar-refractivity contribution is 0.798. The lowest BCUT2D eigenvalue weighted by atomic mass is 10.2. The van der Waals surface area contributed by atoms with Gasteiger partial charge >= 0.3 is 0 Å². The van der Waals surface area contributed by atoms with Crippen LogP contribution >= 0.6 is 15.9 Å². The number of rotatable bonds is 4. The number of nitrogens with zero attached hydrogens (tertiary/aromatic N) is 5. The molecule has 3 rings (SSSR count). The predicted octanol–water partition coefficient (Wildman–Crippen LogP) is 2.70. The van der Waals surface area contributed by atoms with E-state index in [1.54, 1.807) is 6.33 Å². The van der Waals surface area contributed by atoms with Crippen LogP contribution in [0.4, 0.5) is 17.5 Å². The molecule has 1 saturated heterocycles. The molecule has 122 valence electrons. The molecule has 0 spiro atoms. The average Bonchev–Trinajstić information content (AvgIpc) is 2.99. The van der Waals surface area contributed by atoms with Crippen LogP contribution in [0.1, 0.15) is 12.1 Å². The Balaban J connectivity index is 1.65. The molecule has 3 heterocycles. The Labute approximate surface area is 145 Å². The highest BCUT2D eigenvalue weighted by Gasteiger charge is 2.24. The molecule has 0 radical (unpaired) electrons. The largest absolute Gasteiger partial charge is 0.365 e. The molecular weight excluding hydrogens is 356 g/mol. The van der Waals surface area contributed by atoms with E-state index in [0.29, 0.717) is 6.04 Å². The normalized spacial score (nSPS) is 17.4. The van der Waals surface area contributed by atoms with Crippen molar-refractivity contribution in [1.82, 2.24) is 15.0 Å². The first-order valence-electron chi connectivity index (χ1n) is 7.67. The zero-order valence-electron chi connectivity index (χ0n) is 13.6. The van der Waals surface area contributed by atoms with E-state index in [2.05, 4.69) is 53.2 Å². The van der Waals surface area contributed by atoms with Crippen LogP contribution in [0.2, 0.25) is 0 Å². The second-order valence-electron chi connectivity index (χ2n) is 5.97. The van der Waals surface area contributed by atoms with E-state index in [4.69, 9.17) is 0 Å². The van der Waals surface area contributed by atoms with Gasteiger partial charge in [0.15, 0.2) is 0 Å². The van der Waals surface area contributed by atoms with Crippen molar-refractivity contribution in [2.24, 2.45) is 0 Å². The minimum atomic E-state index is 0.366. The molecular formula is C16H21BrN6. The molecule has 0 bridgehead atoms. The van der Waals surface area contributed by atoms with Crippen LogP contribution in [-0.4, -0.2) is 48.2 Å². The summed E-state index contributed by atoms with van der Waals surface area (Å²) in [5.41, 5.74) is 1.02. The van der Waals surface area contributed by atoms with Gasteiger partial charge in [0.1, 0.15) is 23.8 Å². The van der Waals surface area contributed by atoms with Gasteiger partial charge in [-0.3, -0.25) is 0 Å². The van der Waals surface area contributed by atoms with Crippen molar-refractivity contribution in [3.8, 4) is 0 Å². The molecule has 1 atom stereocenters. The number of hydrogen-bond acceptors (Lipinski definition) is 6. The van der Waals surface area contributed by atoms with Crippen molar-refractivity contribution < 1.29 is 0 Å². The molecule has 0 aromatic carbocycles. The zero-order valence-corrected chi connectivity index (χ0v) is 15.2. The lowest BCUT2D eigenvalue weighted by Crippen LogP contribution is -2.27. The first kappa shape index (κ1) is 16.0. The maximum Gasteiger partial charge on any atom is 0.133 e. The summed E-state index contributed by atoms with van der Waals surface area (Å²) in [6.45, 7) is 3.94. The zero-order chi connectivity index (χ0) is 16.4. The fourth-order valence-electron chi connectivity index (χ4n) is 2.67. The molecule has 0 saturated carbocycles. The Hall–Kier alpha value is -1.89. The minimum absolute atomic E-state index is 0.366. The van der Waals surface area contributed by atoms with Gasteiger partial charge in [0.2, 0.25) is 0 Å². The molecule has 1 aliphatic heterocycles. The first-order chi connectivity index (χ1) is 11.0. The molecule has 2 aromatic rings. The number of nitrogens with one attached hydrogen (secondary N) is 1. The van der Waals surface area contributed by atoms with Crippen molar-refractivity contribution in [3.05, 3.63) is 34.7 Å².